The molecule has 7 heteroatoms. The number of nitrogens with two attached hydrogens (primary N) is 1. The van der Waals surface area contributed by atoms with Crippen LogP contribution in [0.2, 0.25) is 0 Å². The van der Waals surface area contributed by atoms with Crippen molar-refractivity contribution in [1.29, 1.82) is 0 Å². The molecule has 1 atom stereocenters. The van der Waals surface area contributed by atoms with E-state index in [-0.39, 0.29) is 25.0 Å². The third-order valence-electron chi connectivity index (χ3n) is 2.77. The van der Waals surface area contributed by atoms with Crippen LogP contribution in [-0.2, 0) is 4.74 Å². The molecule has 1 aliphatic rings. The molecular formula is C12H26ClN3O3. The summed E-state index contributed by atoms with van der Waals surface area (Å²) in [7, 11) is 0. The monoisotopic (exact) mass is 295 g/mol. The zero-order valence-electron chi connectivity index (χ0n) is 12.0. The van der Waals surface area contributed by atoms with E-state index in [1.54, 1.807) is 4.90 Å². The number of rotatable bonds is 3. The molecule has 0 radical (unpaired) electrons. The summed E-state index contributed by atoms with van der Waals surface area (Å²) in [6.45, 7) is 9.17. The van der Waals surface area contributed by atoms with Crippen LogP contribution in [-0.4, -0.2) is 72.0 Å². The van der Waals surface area contributed by atoms with Gasteiger partial charge in [0.25, 0.3) is 0 Å². The average Bonchev–Trinajstić information content (AvgIpc) is 2.27. The van der Waals surface area contributed by atoms with Gasteiger partial charge in [0, 0.05) is 39.3 Å². The zero-order chi connectivity index (χ0) is 13.8. The van der Waals surface area contributed by atoms with Crippen molar-refractivity contribution in [2.24, 2.45) is 5.73 Å². The van der Waals surface area contributed by atoms with Gasteiger partial charge >= 0.3 is 6.09 Å². The number of carbonyl (C=O) groups is 1. The molecule has 0 bridgehead atoms. The molecule has 1 saturated heterocycles. The molecule has 1 amide bonds. The summed E-state index contributed by atoms with van der Waals surface area (Å²) in [6.07, 6.45) is -0.750. The van der Waals surface area contributed by atoms with Gasteiger partial charge in [-0.3, -0.25) is 4.90 Å². The second-order valence-electron chi connectivity index (χ2n) is 5.66. The predicted octanol–water partition coefficient (Wildman–Crippen LogP) is 0.281. The van der Waals surface area contributed by atoms with E-state index in [9.17, 15) is 9.90 Å². The van der Waals surface area contributed by atoms with E-state index in [2.05, 4.69) is 4.90 Å². The van der Waals surface area contributed by atoms with Gasteiger partial charge in [-0.15, -0.1) is 12.4 Å². The predicted molar refractivity (Wildman–Crippen MR) is 76.6 cm³/mol. The third-order valence-corrected chi connectivity index (χ3v) is 2.77. The Labute approximate surface area is 121 Å². The van der Waals surface area contributed by atoms with E-state index < -0.39 is 11.7 Å². The lowest BCUT2D eigenvalue weighted by atomic mass is 10.2. The average molecular weight is 296 g/mol. The number of halogens is 1. The summed E-state index contributed by atoms with van der Waals surface area (Å²) in [5.41, 5.74) is 4.92. The van der Waals surface area contributed by atoms with Crippen LogP contribution < -0.4 is 5.73 Å². The van der Waals surface area contributed by atoms with Crippen molar-refractivity contribution in [3.05, 3.63) is 0 Å². The molecule has 114 valence electrons. The molecule has 0 aromatic rings. The highest BCUT2D eigenvalue weighted by Gasteiger charge is 2.26. The standard InChI is InChI=1S/C12H25N3O3.ClH/c1-12(2,3)18-11(17)15-6-4-14(5-7-15)9-10(16)8-13;/h10,16H,4-9,13H2,1-3H3;1H. The Morgan fingerprint density at radius 2 is 1.84 bits per heavy atom. The minimum Gasteiger partial charge on any atom is -0.444 e. The summed E-state index contributed by atoms with van der Waals surface area (Å²) in [4.78, 5) is 15.6. The lowest BCUT2D eigenvalue weighted by Gasteiger charge is -2.36. The quantitative estimate of drug-likeness (QED) is 0.782. The van der Waals surface area contributed by atoms with Crippen LogP contribution >= 0.6 is 12.4 Å². The van der Waals surface area contributed by atoms with Crippen LogP contribution in [0.25, 0.3) is 0 Å². The number of carbonyl (C=O) groups excluding carboxylic acids is 1. The Morgan fingerprint density at radius 1 is 1.32 bits per heavy atom. The van der Waals surface area contributed by atoms with Gasteiger partial charge in [0.05, 0.1) is 6.10 Å². The SMILES string of the molecule is CC(C)(C)OC(=O)N1CCN(CC(O)CN)CC1.Cl. The Bertz CT molecular complexity index is 276. The van der Waals surface area contributed by atoms with Gasteiger partial charge in [-0.05, 0) is 20.8 Å². The summed E-state index contributed by atoms with van der Waals surface area (Å²) in [5.74, 6) is 0. The molecule has 6 nitrogen and oxygen atoms in total. The van der Waals surface area contributed by atoms with Gasteiger partial charge in [-0.2, -0.15) is 0 Å². The first-order chi connectivity index (χ1) is 8.31. The van der Waals surface area contributed by atoms with Gasteiger partial charge < -0.3 is 20.5 Å². The number of hydrogen-bond acceptors (Lipinski definition) is 5. The van der Waals surface area contributed by atoms with E-state index in [0.29, 0.717) is 19.6 Å². The van der Waals surface area contributed by atoms with Crippen LogP contribution in [0.1, 0.15) is 20.8 Å². The Morgan fingerprint density at radius 3 is 2.26 bits per heavy atom. The number of hydrogen-bond donors (Lipinski definition) is 2. The van der Waals surface area contributed by atoms with Gasteiger partial charge in [-0.1, -0.05) is 0 Å². The lowest BCUT2D eigenvalue weighted by Crippen LogP contribution is -2.52. The lowest BCUT2D eigenvalue weighted by molar-refractivity contribution is 0.0106. The van der Waals surface area contributed by atoms with E-state index in [0.717, 1.165) is 13.1 Å². The highest BCUT2D eigenvalue weighted by Crippen LogP contribution is 2.11. The Kier molecular flexibility index (Phi) is 7.66. The number of piperazine rings is 1. The molecule has 0 spiro atoms. The molecule has 1 rings (SSSR count). The van der Waals surface area contributed by atoms with Crippen molar-refractivity contribution < 1.29 is 14.6 Å². The summed E-state index contributed by atoms with van der Waals surface area (Å²) in [5, 5.41) is 9.47. The fourth-order valence-corrected chi connectivity index (χ4v) is 1.81. The van der Waals surface area contributed by atoms with E-state index in [1.165, 1.54) is 0 Å². The van der Waals surface area contributed by atoms with Crippen molar-refractivity contribution in [3.8, 4) is 0 Å². The molecule has 19 heavy (non-hydrogen) atoms. The fourth-order valence-electron chi connectivity index (χ4n) is 1.81. The first-order valence-electron chi connectivity index (χ1n) is 6.40. The highest BCUT2D eigenvalue weighted by atomic mass is 35.5. The van der Waals surface area contributed by atoms with Crippen LogP contribution in [0.15, 0.2) is 0 Å². The molecule has 0 aromatic heterocycles. The van der Waals surface area contributed by atoms with Gasteiger partial charge in [0.1, 0.15) is 5.60 Å². The number of β-amino-alcohol motifs (C(OH)–C–C–N with tert-alkyl or cyclic N) is 1. The third kappa shape index (κ3) is 6.96. The van der Waals surface area contributed by atoms with Crippen molar-refractivity contribution in [2.45, 2.75) is 32.5 Å². The van der Waals surface area contributed by atoms with Gasteiger partial charge in [0.15, 0.2) is 0 Å². The maximum Gasteiger partial charge on any atom is 0.410 e. The highest BCUT2D eigenvalue weighted by molar-refractivity contribution is 5.85. The first-order valence-corrected chi connectivity index (χ1v) is 6.40. The fraction of sp³-hybridized carbons (Fsp3) is 0.917. The number of aliphatic hydroxyl groups excluding tert-OH is 1. The summed E-state index contributed by atoms with van der Waals surface area (Å²) in [6, 6.07) is 0. The molecule has 0 aliphatic carbocycles. The topological polar surface area (TPSA) is 79.0 Å². The smallest absolute Gasteiger partial charge is 0.410 e. The molecular weight excluding hydrogens is 270 g/mol. The Hall–Kier alpha value is -0.560. The van der Waals surface area contributed by atoms with Crippen LogP contribution in [0, 0.1) is 0 Å². The largest absolute Gasteiger partial charge is 0.444 e. The van der Waals surface area contributed by atoms with Crippen LogP contribution in [0.5, 0.6) is 0 Å². The summed E-state index contributed by atoms with van der Waals surface area (Å²) >= 11 is 0. The van der Waals surface area contributed by atoms with E-state index in [4.69, 9.17) is 10.5 Å². The minimum atomic E-state index is -0.488. The second-order valence-corrected chi connectivity index (χ2v) is 5.66. The maximum atomic E-state index is 11.8. The second kappa shape index (κ2) is 7.89. The summed E-state index contributed by atoms with van der Waals surface area (Å²) < 4.78 is 5.31. The van der Waals surface area contributed by atoms with Gasteiger partial charge in [0.2, 0.25) is 0 Å². The maximum absolute atomic E-state index is 11.8. The van der Waals surface area contributed by atoms with Crippen LogP contribution in [0.4, 0.5) is 4.79 Å². The van der Waals surface area contributed by atoms with Crippen molar-refractivity contribution in [3.63, 3.8) is 0 Å². The molecule has 1 aliphatic heterocycles. The zero-order valence-corrected chi connectivity index (χ0v) is 12.8. The first kappa shape index (κ1) is 18.4. The van der Waals surface area contributed by atoms with Crippen LogP contribution in [0.3, 0.4) is 0 Å². The molecule has 3 N–H and O–H groups in total. The number of ether oxygens (including phenoxy) is 1. The molecule has 0 aromatic carbocycles. The Balaban J connectivity index is 0.00000324. The minimum absolute atomic E-state index is 0. The van der Waals surface area contributed by atoms with Crippen molar-refractivity contribution in [1.82, 2.24) is 9.80 Å². The van der Waals surface area contributed by atoms with Gasteiger partial charge in [-0.25, -0.2) is 4.79 Å². The number of aliphatic hydroxyl groups is 1. The van der Waals surface area contributed by atoms with Crippen molar-refractivity contribution >= 4 is 18.5 Å². The molecule has 0 saturated carbocycles. The van der Waals surface area contributed by atoms with E-state index >= 15 is 0 Å². The van der Waals surface area contributed by atoms with Crippen molar-refractivity contribution in [2.75, 3.05) is 39.3 Å². The molecule has 1 fully saturated rings. The van der Waals surface area contributed by atoms with E-state index in [1.807, 2.05) is 20.8 Å². The number of amides is 1. The number of nitrogens with zero attached hydrogens (tertiary/aromatic N) is 2. The molecule has 1 heterocycles. The normalized spacial score (nSPS) is 18.7. The molecule has 1 unspecified atom stereocenters.